The number of hydrogen-bond acceptors (Lipinski definition) is 4. The molecule has 0 fully saturated rings. The molecule has 2 rings (SSSR count). The van der Waals surface area contributed by atoms with Crippen molar-refractivity contribution in [3.63, 3.8) is 0 Å². The Hall–Kier alpha value is -1.48. The van der Waals surface area contributed by atoms with Crippen LogP contribution in [0.4, 0.5) is 0 Å². The predicted molar refractivity (Wildman–Crippen MR) is 64.4 cm³/mol. The fourth-order valence-corrected chi connectivity index (χ4v) is 2.38. The fourth-order valence-electron chi connectivity index (χ4n) is 1.25. The molecular weight excluding hydrogens is 244 g/mol. The van der Waals surface area contributed by atoms with Crippen LogP contribution in [0.1, 0.15) is 5.69 Å². The zero-order valence-electron chi connectivity index (χ0n) is 8.18. The third-order valence-electron chi connectivity index (χ3n) is 1.96. The Morgan fingerprint density at radius 1 is 1.44 bits per heavy atom. The number of thiazole rings is 1. The van der Waals surface area contributed by atoms with E-state index in [0.717, 1.165) is 16.3 Å². The van der Waals surface area contributed by atoms with Crippen LogP contribution in [0.15, 0.2) is 34.6 Å². The molecule has 0 N–H and O–H groups in total. The van der Waals surface area contributed by atoms with Crippen LogP contribution in [-0.4, -0.2) is 11.1 Å². The molecule has 0 spiro atoms. The summed E-state index contributed by atoms with van der Waals surface area (Å²) in [5, 5.41) is 3.36. The zero-order valence-corrected chi connectivity index (χ0v) is 9.76. The van der Waals surface area contributed by atoms with Crippen LogP contribution in [0, 0.1) is 0 Å². The first-order valence-electron chi connectivity index (χ1n) is 4.54. The molecule has 1 aromatic carbocycles. The van der Waals surface area contributed by atoms with Crippen LogP contribution in [0.25, 0.3) is 10.6 Å². The van der Waals surface area contributed by atoms with Gasteiger partial charge in [-0.05, 0) is 6.07 Å². The third-order valence-corrected chi connectivity index (χ3v) is 3.22. The van der Waals surface area contributed by atoms with Crippen LogP contribution in [0.5, 0.6) is 0 Å². The number of hydrogen-bond donors (Lipinski definition) is 0. The summed E-state index contributed by atoms with van der Waals surface area (Å²) in [6.07, 6.45) is 1.49. The van der Waals surface area contributed by atoms with Crippen molar-refractivity contribution in [3.05, 3.63) is 40.4 Å². The van der Waals surface area contributed by atoms with E-state index < -0.39 is 0 Å². The number of isocyanates is 1. The minimum absolute atomic E-state index is 0.268. The Labute approximate surface area is 101 Å². The van der Waals surface area contributed by atoms with Crippen molar-refractivity contribution < 1.29 is 4.79 Å². The van der Waals surface area contributed by atoms with Crippen LogP contribution in [0.2, 0.25) is 5.02 Å². The molecule has 0 aliphatic heterocycles. The molecule has 0 saturated carbocycles. The standard InChI is InChI=1S/C11H7ClN2OS/c12-10-4-2-1-3-9(10)11-14-8(6-16-11)5-13-7-15/h1-4,6H,5H2. The summed E-state index contributed by atoms with van der Waals surface area (Å²) in [6, 6.07) is 7.51. The van der Waals surface area contributed by atoms with E-state index >= 15 is 0 Å². The van der Waals surface area contributed by atoms with Gasteiger partial charge in [0.25, 0.3) is 0 Å². The molecule has 0 amide bonds. The molecule has 0 aliphatic rings. The molecule has 3 nitrogen and oxygen atoms in total. The van der Waals surface area contributed by atoms with E-state index in [0.29, 0.717) is 5.02 Å². The number of halogens is 1. The highest BCUT2D eigenvalue weighted by Crippen LogP contribution is 2.30. The van der Waals surface area contributed by atoms with E-state index in [1.807, 2.05) is 29.6 Å². The molecule has 0 radical (unpaired) electrons. The van der Waals surface area contributed by atoms with Crippen LogP contribution >= 0.6 is 22.9 Å². The van der Waals surface area contributed by atoms with Gasteiger partial charge in [-0.3, -0.25) is 0 Å². The lowest BCUT2D eigenvalue weighted by atomic mass is 10.2. The van der Waals surface area contributed by atoms with Crippen molar-refractivity contribution >= 4 is 29.0 Å². The van der Waals surface area contributed by atoms with Gasteiger partial charge in [0.15, 0.2) is 0 Å². The summed E-state index contributed by atoms with van der Waals surface area (Å²) in [4.78, 5) is 17.8. The van der Waals surface area contributed by atoms with Crippen molar-refractivity contribution in [3.8, 4) is 10.6 Å². The summed E-state index contributed by atoms with van der Waals surface area (Å²) in [5.74, 6) is 0. The summed E-state index contributed by atoms with van der Waals surface area (Å²) in [6.45, 7) is 0.268. The Morgan fingerprint density at radius 2 is 2.25 bits per heavy atom. The first kappa shape index (κ1) is 11.0. The summed E-state index contributed by atoms with van der Waals surface area (Å²) in [7, 11) is 0. The molecular formula is C11H7ClN2OS. The minimum atomic E-state index is 0.268. The van der Waals surface area contributed by atoms with Gasteiger partial charge in [-0.2, -0.15) is 4.99 Å². The quantitative estimate of drug-likeness (QED) is 0.620. The van der Waals surface area contributed by atoms with E-state index in [1.54, 1.807) is 0 Å². The van der Waals surface area contributed by atoms with E-state index in [-0.39, 0.29) is 6.54 Å². The number of carbonyl (C=O) groups excluding carboxylic acids is 1. The van der Waals surface area contributed by atoms with Gasteiger partial charge < -0.3 is 0 Å². The number of aromatic nitrogens is 1. The van der Waals surface area contributed by atoms with Crippen LogP contribution in [-0.2, 0) is 11.3 Å². The average Bonchev–Trinajstić information content (AvgIpc) is 2.75. The zero-order chi connectivity index (χ0) is 11.4. The molecule has 80 valence electrons. The topological polar surface area (TPSA) is 42.3 Å². The highest BCUT2D eigenvalue weighted by Gasteiger charge is 2.07. The number of aliphatic imine (C=N–C) groups is 1. The van der Waals surface area contributed by atoms with Gasteiger partial charge in [-0.1, -0.05) is 29.8 Å². The van der Waals surface area contributed by atoms with Crippen LogP contribution < -0.4 is 0 Å². The lowest BCUT2D eigenvalue weighted by molar-refractivity contribution is 0.562. The number of rotatable bonds is 3. The van der Waals surface area contributed by atoms with Crippen molar-refractivity contribution in [1.29, 1.82) is 0 Å². The summed E-state index contributed by atoms with van der Waals surface area (Å²) in [5.41, 5.74) is 1.65. The normalized spacial score (nSPS) is 9.81. The van der Waals surface area contributed by atoms with Gasteiger partial charge in [0.2, 0.25) is 6.08 Å². The van der Waals surface area contributed by atoms with Crippen molar-refractivity contribution in [2.24, 2.45) is 4.99 Å². The molecule has 0 atom stereocenters. The predicted octanol–water partition coefficient (Wildman–Crippen LogP) is 3.30. The molecule has 5 heteroatoms. The van der Waals surface area contributed by atoms with Gasteiger partial charge in [0.1, 0.15) is 5.01 Å². The van der Waals surface area contributed by atoms with Gasteiger partial charge >= 0.3 is 0 Å². The molecule has 0 aliphatic carbocycles. The Bertz CT molecular complexity index is 546. The summed E-state index contributed by atoms with van der Waals surface area (Å²) < 4.78 is 0. The first-order valence-corrected chi connectivity index (χ1v) is 5.80. The molecule has 0 saturated heterocycles. The third kappa shape index (κ3) is 2.36. The van der Waals surface area contributed by atoms with Gasteiger partial charge in [0, 0.05) is 10.9 Å². The van der Waals surface area contributed by atoms with E-state index in [2.05, 4.69) is 9.98 Å². The van der Waals surface area contributed by atoms with Crippen molar-refractivity contribution in [1.82, 2.24) is 4.98 Å². The SMILES string of the molecule is O=C=NCc1csc(-c2ccccc2Cl)n1. The van der Waals surface area contributed by atoms with Crippen molar-refractivity contribution in [2.45, 2.75) is 6.54 Å². The summed E-state index contributed by atoms with van der Waals surface area (Å²) >= 11 is 7.54. The number of benzene rings is 1. The fraction of sp³-hybridized carbons (Fsp3) is 0.0909. The lowest BCUT2D eigenvalue weighted by Crippen LogP contribution is -1.82. The molecule has 2 aromatic rings. The van der Waals surface area contributed by atoms with Crippen LogP contribution in [0.3, 0.4) is 0 Å². The lowest BCUT2D eigenvalue weighted by Gasteiger charge is -1.97. The molecule has 1 aromatic heterocycles. The largest absolute Gasteiger partial charge is 0.239 e. The van der Waals surface area contributed by atoms with Gasteiger partial charge in [-0.25, -0.2) is 9.78 Å². The molecule has 1 heterocycles. The Morgan fingerprint density at radius 3 is 3.00 bits per heavy atom. The molecule has 0 bridgehead atoms. The van der Waals surface area contributed by atoms with Gasteiger partial charge in [-0.15, -0.1) is 11.3 Å². The van der Waals surface area contributed by atoms with Crippen molar-refractivity contribution in [2.75, 3.05) is 0 Å². The van der Waals surface area contributed by atoms with E-state index in [1.165, 1.54) is 17.4 Å². The smallest absolute Gasteiger partial charge is 0.235 e. The number of nitrogens with zero attached hydrogens (tertiary/aromatic N) is 2. The molecule has 16 heavy (non-hydrogen) atoms. The molecule has 0 unspecified atom stereocenters. The Kier molecular flexibility index (Phi) is 3.47. The van der Waals surface area contributed by atoms with Gasteiger partial charge in [0.05, 0.1) is 17.3 Å². The van der Waals surface area contributed by atoms with E-state index in [9.17, 15) is 4.79 Å². The Balaban J connectivity index is 2.31. The maximum Gasteiger partial charge on any atom is 0.235 e. The maximum absolute atomic E-state index is 9.97. The minimum Gasteiger partial charge on any atom is -0.239 e. The maximum atomic E-state index is 9.97. The second-order valence-corrected chi connectivity index (χ2v) is 4.30. The second-order valence-electron chi connectivity index (χ2n) is 3.03. The highest BCUT2D eigenvalue weighted by atomic mass is 35.5. The first-order chi connectivity index (χ1) is 7.81. The monoisotopic (exact) mass is 250 g/mol. The highest BCUT2D eigenvalue weighted by molar-refractivity contribution is 7.13. The van der Waals surface area contributed by atoms with E-state index in [4.69, 9.17) is 11.6 Å². The second kappa shape index (κ2) is 5.03. The average molecular weight is 251 g/mol.